The fraction of sp³-hybridized carbons (Fsp3) is 0.333. The Kier molecular flexibility index (Phi) is 5.80. The van der Waals surface area contributed by atoms with E-state index in [0.717, 1.165) is 18.7 Å². The molecule has 0 radical (unpaired) electrons. The second-order valence-electron chi connectivity index (χ2n) is 5.63. The van der Waals surface area contributed by atoms with Gasteiger partial charge in [-0.05, 0) is 23.8 Å². The summed E-state index contributed by atoms with van der Waals surface area (Å²) in [5, 5.41) is 3.73. The minimum atomic E-state index is -0.109. The summed E-state index contributed by atoms with van der Waals surface area (Å²) >= 11 is 6.39. The average molecular weight is 346 g/mol. The Morgan fingerprint density at radius 2 is 1.92 bits per heavy atom. The van der Waals surface area contributed by atoms with Crippen molar-refractivity contribution in [3.63, 3.8) is 0 Å². The first-order valence-corrected chi connectivity index (χ1v) is 8.38. The number of pyridine rings is 1. The van der Waals surface area contributed by atoms with E-state index in [1.807, 2.05) is 24.3 Å². The summed E-state index contributed by atoms with van der Waals surface area (Å²) in [7, 11) is 0. The van der Waals surface area contributed by atoms with Gasteiger partial charge in [0.1, 0.15) is 0 Å². The van der Waals surface area contributed by atoms with Crippen molar-refractivity contribution < 1.29 is 9.53 Å². The van der Waals surface area contributed by atoms with Crippen LogP contribution in [0.1, 0.15) is 22.0 Å². The summed E-state index contributed by atoms with van der Waals surface area (Å²) in [6, 6.07) is 11.2. The molecule has 1 aromatic carbocycles. The Balaban J connectivity index is 1.75. The van der Waals surface area contributed by atoms with Crippen molar-refractivity contribution in [3.8, 4) is 0 Å². The number of nitrogens with one attached hydrogen (secondary N) is 1. The lowest BCUT2D eigenvalue weighted by Crippen LogP contribution is -2.44. The number of carbonyl (C=O) groups is 1. The molecule has 1 aliphatic heterocycles. The molecule has 0 aliphatic carbocycles. The summed E-state index contributed by atoms with van der Waals surface area (Å²) in [6.07, 6.45) is 3.23. The summed E-state index contributed by atoms with van der Waals surface area (Å²) in [5.74, 6) is -0.109. The fourth-order valence-corrected chi connectivity index (χ4v) is 3.13. The molecule has 1 N–H and O–H groups in total. The Morgan fingerprint density at radius 3 is 2.62 bits per heavy atom. The van der Waals surface area contributed by atoms with Crippen molar-refractivity contribution in [1.29, 1.82) is 0 Å². The number of aromatic nitrogens is 1. The van der Waals surface area contributed by atoms with E-state index in [0.29, 0.717) is 30.3 Å². The second-order valence-corrected chi connectivity index (χ2v) is 6.04. The zero-order valence-electron chi connectivity index (χ0n) is 13.3. The van der Waals surface area contributed by atoms with Crippen molar-refractivity contribution in [2.45, 2.75) is 6.04 Å². The molecule has 2 heterocycles. The number of halogens is 1. The van der Waals surface area contributed by atoms with Crippen LogP contribution >= 0.6 is 11.6 Å². The molecule has 1 atom stereocenters. The van der Waals surface area contributed by atoms with Gasteiger partial charge in [0, 0.05) is 42.6 Å². The number of ether oxygens (including phenoxy) is 1. The highest BCUT2D eigenvalue weighted by atomic mass is 35.5. The molecule has 1 amide bonds. The SMILES string of the molecule is O=C(NCC(c1ccccc1Cl)N1CCOCC1)c1ccncc1. The topological polar surface area (TPSA) is 54.5 Å². The van der Waals surface area contributed by atoms with E-state index in [1.54, 1.807) is 24.5 Å². The molecule has 0 bridgehead atoms. The second kappa shape index (κ2) is 8.24. The van der Waals surface area contributed by atoms with Gasteiger partial charge in [0.2, 0.25) is 0 Å². The van der Waals surface area contributed by atoms with E-state index >= 15 is 0 Å². The van der Waals surface area contributed by atoms with Gasteiger partial charge in [0.25, 0.3) is 5.91 Å². The highest BCUT2D eigenvalue weighted by molar-refractivity contribution is 6.31. The predicted octanol–water partition coefficient (Wildman–Crippen LogP) is 2.54. The van der Waals surface area contributed by atoms with Crippen LogP contribution in [0.2, 0.25) is 5.02 Å². The molecule has 3 rings (SSSR count). The molecule has 2 aromatic rings. The first kappa shape index (κ1) is 16.9. The van der Waals surface area contributed by atoms with E-state index in [9.17, 15) is 4.79 Å². The standard InChI is InChI=1S/C18H20ClN3O2/c19-16-4-2-1-3-15(16)17(22-9-11-24-12-10-22)13-21-18(23)14-5-7-20-8-6-14/h1-8,17H,9-13H2,(H,21,23). The Labute approximate surface area is 146 Å². The van der Waals surface area contributed by atoms with Gasteiger partial charge in [0.05, 0.1) is 19.3 Å². The molecule has 6 heteroatoms. The maximum atomic E-state index is 12.3. The third-order valence-electron chi connectivity index (χ3n) is 4.15. The molecular weight excluding hydrogens is 326 g/mol. The molecule has 0 saturated carbocycles. The van der Waals surface area contributed by atoms with Crippen molar-refractivity contribution in [1.82, 2.24) is 15.2 Å². The monoisotopic (exact) mass is 345 g/mol. The first-order valence-electron chi connectivity index (χ1n) is 8.00. The van der Waals surface area contributed by atoms with E-state index in [-0.39, 0.29) is 11.9 Å². The van der Waals surface area contributed by atoms with E-state index < -0.39 is 0 Å². The normalized spacial score (nSPS) is 16.5. The zero-order chi connectivity index (χ0) is 16.8. The van der Waals surface area contributed by atoms with Crippen molar-refractivity contribution in [2.75, 3.05) is 32.8 Å². The van der Waals surface area contributed by atoms with Gasteiger partial charge in [-0.2, -0.15) is 0 Å². The van der Waals surface area contributed by atoms with Gasteiger partial charge in [-0.1, -0.05) is 29.8 Å². The van der Waals surface area contributed by atoms with Crippen LogP contribution in [0.3, 0.4) is 0 Å². The van der Waals surface area contributed by atoms with Gasteiger partial charge in [-0.3, -0.25) is 14.7 Å². The highest BCUT2D eigenvalue weighted by Crippen LogP contribution is 2.27. The molecule has 1 aliphatic rings. The third-order valence-corrected chi connectivity index (χ3v) is 4.49. The molecule has 1 saturated heterocycles. The summed E-state index contributed by atoms with van der Waals surface area (Å²) in [5.41, 5.74) is 1.63. The van der Waals surface area contributed by atoms with Gasteiger partial charge in [-0.15, -0.1) is 0 Å². The molecule has 24 heavy (non-hydrogen) atoms. The molecular formula is C18H20ClN3O2. The smallest absolute Gasteiger partial charge is 0.251 e. The van der Waals surface area contributed by atoms with Crippen LogP contribution in [0.5, 0.6) is 0 Å². The van der Waals surface area contributed by atoms with Crippen LogP contribution < -0.4 is 5.32 Å². The van der Waals surface area contributed by atoms with Gasteiger partial charge >= 0.3 is 0 Å². The fourth-order valence-electron chi connectivity index (χ4n) is 2.86. The average Bonchev–Trinajstić information content (AvgIpc) is 2.65. The molecule has 1 fully saturated rings. The van der Waals surface area contributed by atoms with Crippen molar-refractivity contribution in [3.05, 3.63) is 64.9 Å². The largest absolute Gasteiger partial charge is 0.379 e. The third kappa shape index (κ3) is 4.12. The van der Waals surface area contributed by atoms with Crippen LogP contribution in [0.15, 0.2) is 48.8 Å². The first-order chi connectivity index (χ1) is 11.8. The Morgan fingerprint density at radius 1 is 1.21 bits per heavy atom. The number of nitrogens with zero attached hydrogens (tertiary/aromatic N) is 2. The minimum absolute atomic E-state index is 0.0217. The Bertz CT molecular complexity index is 675. The number of rotatable bonds is 5. The molecule has 1 unspecified atom stereocenters. The van der Waals surface area contributed by atoms with Gasteiger partial charge < -0.3 is 10.1 Å². The van der Waals surface area contributed by atoms with Crippen LogP contribution in [0, 0.1) is 0 Å². The van der Waals surface area contributed by atoms with E-state index in [4.69, 9.17) is 16.3 Å². The maximum Gasteiger partial charge on any atom is 0.251 e. The molecule has 0 spiro atoms. The van der Waals surface area contributed by atoms with Crippen LogP contribution in [0.25, 0.3) is 0 Å². The summed E-state index contributed by atoms with van der Waals surface area (Å²) in [6.45, 7) is 3.52. The highest BCUT2D eigenvalue weighted by Gasteiger charge is 2.24. The van der Waals surface area contributed by atoms with Crippen molar-refractivity contribution in [2.24, 2.45) is 0 Å². The van der Waals surface area contributed by atoms with Crippen molar-refractivity contribution >= 4 is 17.5 Å². The van der Waals surface area contributed by atoms with Crippen LogP contribution in [-0.4, -0.2) is 48.6 Å². The summed E-state index contributed by atoms with van der Waals surface area (Å²) < 4.78 is 5.44. The number of hydrogen-bond acceptors (Lipinski definition) is 4. The maximum absolute atomic E-state index is 12.3. The molecule has 1 aromatic heterocycles. The number of carbonyl (C=O) groups excluding carboxylic acids is 1. The number of morpholine rings is 1. The lowest BCUT2D eigenvalue weighted by atomic mass is 10.0. The minimum Gasteiger partial charge on any atom is -0.379 e. The van der Waals surface area contributed by atoms with Crippen LogP contribution in [0.4, 0.5) is 0 Å². The summed E-state index contributed by atoms with van der Waals surface area (Å²) in [4.78, 5) is 18.6. The van der Waals surface area contributed by atoms with E-state index in [2.05, 4.69) is 15.2 Å². The predicted molar refractivity (Wildman–Crippen MR) is 93.2 cm³/mol. The Hall–Kier alpha value is -1.95. The van der Waals surface area contributed by atoms with Gasteiger partial charge in [0.15, 0.2) is 0 Å². The number of benzene rings is 1. The lowest BCUT2D eigenvalue weighted by Gasteiger charge is -2.35. The van der Waals surface area contributed by atoms with Gasteiger partial charge in [-0.25, -0.2) is 0 Å². The molecule has 5 nitrogen and oxygen atoms in total. The zero-order valence-corrected chi connectivity index (χ0v) is 14.1. The number of amides is 1. The molecule has 126 valence electrons. The number of hydrogen-bond donors (Lipinski definition) is 1. The lowest BCUT2D eigenvalue weighted by molar-refractivity contribution is 0.0162. The van der Waals surface area contributed by atoms with E-state index in [1.165, 1.54) is 0 Å². The quantitative estimate of drug-likeness (QED) is 0.904. The van der Waals surface area contributed by atoms with Crippen LogP contribution in [-0.2, 0) is 4.74 Å².